The topological polar surface area (TPSA) is 34.5 Å². The molecule has 3 nitrogen and oxygen atoms in total. The molecule has 0 radical (unpaired) electrons. The lowest BCUT2D eigenvalue weighted by molar-refractivity contribution is 0.320. The lowest BCUT2D eigenvalue weighted by Gasteiger charge is -2.07. The van der Waals surface area contributed by atoms with Crippen LogP contribution < -0.4 is 0 Å². The molecule has 1 unspecified atom stereocenters. The van der Waals surface area contributed by atoms with Crippen LogP contribution in [-0.2, 0) is 4.74 Å². The van der Waals surface area contributed by atoms with Crippen LogP contribution in [0.1, 0.15) is 17.2 Å². The van der Waals surface area contributed by atoms with Crippen LogP contribution in [-0.4, -0.2) is 17.5 Å². The van der Waals surface area contributed by atoms with E-state index >= 15 is 0 Å². The molecule has 26 heavy (non-hydrogen) atoms. The van der Waals surface area contributed by atoms with Gasteiger partial charge in [0.05, 0.1) is 15.6 Å². The van der Waals surface area contributed by atoms with E-state index in [9.17, 15) is 0 Å². The van der Waals surface area contributed by atoms with E-state index in [-0.39, 0.29) is 6.04 Å². The Bertz CT molecular complexity index is 966. The highest BCUT2D eigenvalue weighted by Gasteiger charge is 2.25. The van der Waals surface area contributed by atoms with Gasteiger partial charge in [-0.2, -0.15) is 0 Å². The number of pyridine rings is 1. The minimum atomic E-state index is -0.0984. The summed E-state index contributed by atoms with van der Waals surface area (Å²) in [4.78, 5) is 8.60. The monoisotopic (exact) mass is 402 g/mol. The largest absolute Gasteiger partial charge is 0.475 e. The first kappa shape index (κ1) is 17.3. The number of hydrogen-bond donors (Lipinski definition) is 0. The third-order valence-electron chi connectivity index (χ3n) is 4.17. The van der Waals surface area contributed by atoms with Crippen LogP contribution in [0.2, 0.25) is 15.1 Å². The molecule has 3 aromatic rings. The zero-order valence-corrected chi connectivity index (χ0v) is 15.8. The molecule has 0 spiro atoms. The maximum Gasteiger partial charge on any atom is 0.220 e. The SMILES string of the molecule is Clc1cccc(-c2ccc(C3COC(c4c(Cl)cncc4Cl)=N3)cc2)c1. The summed E-state index contributed by atoms with van der Waals surface area (Å²) in [7, 11) is 0. The van der Waals surface area contributed by atoms with Gasteiger partial charge in [0.1, 0.15) is 12.6 Å². The maximum absolute atomic E-state index is 6.19. The van der Waals surface area contributed by atoms with Gasteiger partial charge in [0.25, 0.3) is 0 Å². The number of aromatic nitrogens is 1. The van der Waals surface area contributed by atoms with E-state index in [1.807, 2.05) is 36.4 Å². The molecule has 0 saturated carbocycles. The van der Waals surface area contributed by atoms with E-state index in [0.717, 1.165) is 21.7 Å². The molecule has 1 aromatic heterocycles. The standard InChI is InChI=1S/C20H13Cl3N2O/c21-15-3-1-2-14(8-15)12-4-6-13(7-5-12)18-11-26-20(25-18)19-16(22)9-24-10-17(19)23/h1-10,18H,11H2. The number of rotatable bonds is 3. The third-order valence-corrected chi connectivity index (χ3v) is 4.98. The molecule has 130 valence electrons. The fraction of sp³-hybridized carbons (Fsp3) is 0.100. The van der Waals surface area contributed by atoms with Gasteiger partial charge in [-0.15, -0.1) is 0 Å². The average molecular weight is 404 g/mol. The molecule has 4 rings (SSSR count). The van der Waals surface area contributed by atoms with Crippen LogP contribution >= 0.6 is 34.8 Å². The van der Waals surface area contributed by atoms with E-state index < -0.39 is 0 Å². The van der Waals surface area contributed by atoms with Gasteiger partial charge < -0.3 is 4.74 Å². The van der Waals surface area contributed by atoms with Crippen molar-refractivity contribution in [1.29, 1.82) is 0 Å². The summed E-state index contributed by atoms with van der Waals surface area (Å²) < 4.78 is 5.73. The van der Waals surface area contributed by atoms with Crippen molar-refractivity contribution in [1.82, 2.24) is 4.98 Å². The van der Waals surface area contributed by atoms with Crippen molar-refractivity contribution < 1.29 is 4.74 Å². The van der Waals surface area contributed by atoms with Crippen molar-refractivity contribution >= 4 is 40.7 Å². The Hall–Kier alpha value is -2.07. The average Bonchev–Trinajstić information content (AvgIpc) is 3.11. The summed E-state index contributed by atoms with van der Waals surface area (Å²) in [6, 6.07) is 15.9. The van der Waals surface area contributed by atoms with Crippen LogP contribution in [0.3, 0.4) is 0 Å². The van der Waals surface area contributed by atoms with Gasteiger partial charge in [-0.3, -0.25) is 4.98 Å². The minimum Gasteiger partial charge on any atom is -0.475 e. The van der Waals surface area contributed by atoms with E-state index in [1.165, 1.54) is 12.4 Å². The second-order valence-electron chi connectivity index (χ2n) is 5.87. The van der Waals surface area contributed by atoms with E-state index in [2.05, 4.69) is 22.1 Å². The molecule has 6 heteroatoms. The number of benzene rings is 2. The molecule has 1 aliphatic rings. The van der Waals surface area contributed by atoms with Crippen molar-refractivity contribution in [3.05, 3.63) is 87.1 Å². The van der Waals surface area contributed by atoms with Crippen molar-refractivity contribution in [2.75, 3.05) is 6.61 Å². The molecule has 0 amide bonds. The Morgan fingerprint density at radius 1 is 0.885 bits per heavy atom. The summed E-state index contributed by atoms with van der Waals surface area (Å²) in [5, 5.41) is 1.57. The van der Waals surface area contributed by atoms with Crippen molar-refractivity contribution in [3.8, 4) is 11.1 Å². The fourth-order valence-electron chi connectivity index (χ4n) is 2.86. The van der Waals surface area contributed by atoms with E-state index in [4.69, 9.17) is 39.5 Å². The van der Waals surface area contributed by atoms with Crippen LogP contribution in [0.15, 0.2) is 65.9 Å². The second-order valence-corrected chi connectivity index (χ2v) is 7.12. The van der Waals surface area contributed by atoms with Crippen molar-refractivity contribution in [3.63, 3.8) is 0 Å². The summed E-state index contributed by atoms with van der Waals surface area (Å²) in [6.45, 7) is 0.445. The molecule has 0 bridgehead atoms. The van der Waals surface area contributed by atoms with Crippen molar-refractivity contribution in [2.45, 2.75) is 6.04 Å². The Morgan fingerprint density at radius 3 is 2.31 bits per heavy atom. The summed E-state index contributed by atoms with van der Waals surface area (Å²) in [5.74, 6) is 0.450. The molecule has 0 aliphatic carbocycles. The predicted octanol–water partition coefficient (Wildman–Crippen LogP) is 6.23. The van der Waals surface area contributed by atoms with Crippen LogP contribution in [0.25, 0.3) is 11.1 Å². The quantitative estimate of drug-likeness (QED) is 0.520. The molecule has 0 N–H and O–H groups in total. The normalized spacial score (nSPS) is 16.3. The second kappa shape index (κ2) is 7.28. The Morgan fingerprint density at radius 2 is 1.62 bits per heavy atom. The Labute approximate surface area is 166 Å². The summed E-state index contributed by atoms with van der Waals surface area (Å²) in [6.07, 6.45) is 3.06. The van der Waals surface area contributed by atoms with Crippen LogP contribution in [0, 0.1) is 0 Å². The summed E-state index contributed by atoms with van der Waals surface area (Å²) in [5.41, 5.74) is 3.82. The molecule has 0 fully saturated rings. The van der Waals surface area contributed by atoms with Crippen molar-refractivity contribution in [2.24, 2.45) is 4.99 Å². The molecule has 0 saturated heterocycles. The smallest absolute Gasteiger partial charge is 0.220 e. The highest BCUT2D eigenvalue weighted by Crippen LogP contribution is 2.32. The van der Waals surface area contributed by atoms with Gasteiger partial charge in [0.2, 0.25) is 5.90 Å². The maximum atomic E-state index is 6.19. The van der Waals surface area contributed by atoms with Gasteiger partial charge in [-0.25, -0.2) is 4.99 Å². The Balaban J connectivity index is 1.60. The molecule has 2 heterocycles. The van der Waals surface area contributed by atoms with Gasteiger partial charge in [-0.05, 0) is 28.8 Å². The fourth-order valence-corrected chi connectivity index (χ4v) is 3.58. The zero-order chi connectivity index (χ0) is 18.1. The third kappa shape index (κ3) is 3.43. The lowest BCUT2D eigenvalue weighted by atomic mass is 10.0. The number of halogens is 3. The van der Waals surface area contributed by atoms with Crippen LogP contribution in [0.5, 0.6) is 0 Å². The van der Waals surface area contributed by atoms with Gasteiger partial charge in [-0.1, -0.05) is 71.2 Å². The number of hydrogen-bond acceptors (Lipinski definition) is 3. The number of aliphatic imine (C=N–C) groups is 1. The number of ether oxygens (including phenoxy) is 1. The van der Waals surface area contributed by atoms with Gasteiger partial charge >= 0.3 is 0 Å². The number of nitrogens with zero attached hydrogens (tertiary/aromatic N) is 2. The minimum absolute atomic E-state index is 0.0984. The highest BCUT2D eigenvalue weighted by molar-refractivity contribution is 6.39. The predicted molar refractivity (Wildman–Crippen MR) is 106 cm³/mol. The van der Waals surface area contributed by atoms with Crippen LogP contribution in [0.4, 0.5) is 0 Å². The first-order valence-electron chi connectivity index (χ1n) is 7.97. The van der Waals surface area contributed by atoms with E-state index in [0.29, 0.717) is 28.1 Å². The van der Waals surface area contributed by atoms with Gasteiger partial charge in [0.15, 0.2) is 0 Å². The molecule has 1 atom stereocenters. The first-order valence-corrected chi connectivity index (χ1v) is 9.11. The lowest BCUT2D eigenvalue weighted by Crippen LogP contribution is -2.03. The summed E-state index contributed by atoms with van der Waals surface area (Å²) >= 11 is 18.4. The van der Waals surface area contributed by atoms with Gasteiger partial charge in [0, 0.05) is 17.4 Å². The highest BCUT2D eigenvalue weighted by atomic mass is 35.5. The molecule has 2 aromatic carbocycles. The molecular weight excluding hydrogens is 391 g/mol. The molecule has 1 aliphatic heterocycles. The zero-order valence-electron chi connectivity index (χ0n) is 13.5. The Kier molecular flexibility index (Phi) is 4.86. The first-order chi connectivity index (χ1) is 12.6. The molecular formula is C20H13Cl3N2O. The van der Waals surface area contributed by atoms with E-state index in [1.54, 1.807) is 0 Å².